The third kappa shape index (κ3) is 2.66. The Morgan fingerprint density at radius 3 is 2.62 bits per heavy atom. The summed E-state index contributed by atoms with van der Waals surface area (Å²) in [7, 11) is 4.17. The van der Waals surface area contributed by atoms with Crippen LogP contribution in [0.4, 0.5) is 11.4 Å². The van der Waals surface area contributed by atoms with Crippen molar-refractivity contribution in [1.29, 1.82) is 0 Å². The van der Waals surface area contributed by atoms with Crippen LogP contribution >= 0.6 is 23.4 Å². The minimum Gasteiger partial charge on any atom is -0.272 e. The summed E-state index contributed by atoms with van der Waals surface area (Å²) in [5.41, 5.74) is 3.82. The first kappa shape index (κ1) is 14.8. The van der Waals surface area contributed by atoms with Gasteiger partial charge in [0.1, 0.15) is 0 Å². The van der Waals surface area contributed by atoms with E-state index < -0.39 is 0 Å². The molecular formula is C17H19ClN2S. The molecule has 1 aliphatic heterocycles. The van der Waals surface area contributed by atoms with Gasteiger partial charge in [-0.15, -0.1) is 0 Å². The summed E-state index contributed by atoms with van der Waals surface area (Å²) in [5.74, 6) is 0. The van der Waals surface area contributed by atoms with Crippen LogP contribution in [0.2, 0.25) is 5.02 Å². The Kier molecular flexibility index (Phi) is 4.16. The van der Waals surface area contributed by atoms with Crippen molar-refractivity contribution in [2.75, 3.05) is 19.1 Å². The molecule has 4 heteroatoms. The molecule has 0 saturated carbocycles. The third-order valence-electron chi connectivity index (χ3n) is 3.56. The first-order chi connectivity index (χ1) is 10.1. The summed E-state index contributed by atoms with van der Waals surface area (Å²) < 4.78 is 0. The Morgan fingerprint density at radius 2 is 1.90 bits per heavy atom. The lowest BCUT2D eigenvalue weighted by molar-refractivity contribution is 0.411. The van der Waals surface area contributed by atoms with E-state index in [0.717, 1.165) is 17.9 Å². The zero-order chi connectivity index (χ0) is 15.0. The zero-order valence-electron chi connectivity index (χ0n) is 12.6. The number of nitrogens with zero attached hydrogens (tertiary/aromatic N) is 2. The van der Waals surface area contributed by atoms with Gasteiger partial charge in [0.2, 0.25) is 0 Å². The number of para-hydroxylation sites is 1. The van der Waals surface area contributed by atoms with Gasteiger partial charge < -0.3 is 0 Å². The van der Waals surface area contributed by atoms with Gasteiger partial charge in [-0.1, -0.05) is 48.8 Å². The molecule has 1 aliphatic rings. The van der Waals surface area contributed by atoms with Gasteiger partial charge in [0.05, 0.1) is 11.4 Å². The van der Waals surface area contributed by atoms with Crippen LogP contribution in [0.3, 0.4) is 0 Å². The molecular weight excluding hydrogens is 300 g/mol. The largest absolute Gasteiger partial charge is 0.272 e. The second-order valence-electron chi connectivity index (χ2n) is 5.39. The molecule has 0 radical (unpaired) electrons. The lowest BCUT2D eigenvalue weighted by atomic mass is 10.1. The molecule has 0 atom stereocenters. The second-order valence-corrected chi connectivity index (χ2v) is 6.91. The Morgan fingerprint density at radius 1 is 1.14 bits per heavy atom. The highest BCUT2D eigenvalue weighted by molar-refractivity contribution is 7.99. The average molecular weight is 319 g/mol. The van der Waals surface area contributed by atoms with Crippen LogP contribution in [-0.2, 0) is 6.42 Å². The fraction of sp³-hybridized carbons (Fsp3) is 0.294. The standard InChI is InChI=1S/C17H19ClN2S/c1-4-7-12-10-13(18)11-16-17(12)20(19(2)3)14-8-5-6-9-15(14)21-16/h5-6,8-11H,4,7H2,1-3H3. The average Bonchev–Trinajstić information content (AvgIpc) is 2.44. The van der Waals surface area contributed by atoms with Crippen molar-refractivity contribution in [3.63, 3.8) is 0 Å². The molecule has 21 heavy (non-hydrogen) atoms. The first-order valence-corrected chi connectivity index (χ1v) is 8.38. The molecule has 2 nitrogen and oxygen atoms in total. The molecule has 1 heterocycles. The number of hydrogen-bond donors (Lipinski definition) is 0. The van der Waals surface area contributed by atoms with Crippen molar-refractivity contribution in [1.82, 2.24) is 5.01 Å². The van der Waals surface area contributed by atoms with Crippen molar-refractivity contribution < 1.29 is 0 Å². The fourth-order valence-corrected chi connectivity index (χ4v) is 4.23. The summed E-state index contributed by atoms with van der Waals surface area (Å²) in [6, 6.07) is 12.7. The summed E-state index contributed by atoms with van der Waals surface area (Å²) in [4.78, 5) is 2.50. The minimum atomic E-state index is 0.822. The maximum Gasteiger partial charge on any atom is 0.0752 e. The Bertz CT molecular complexity index is 670. The van der Waals surface area contributed by atoms with Crippen molar-refractivity contribution >= 4 is 34.7 Å². The van der Waals surface area contributed by atoms with Crippen LogP contribution in [0.1, 0.15) is 18.9 Å². The molecule has 0 bridgehead atoms. The van der Waals surface area contributed by atoms with E-state index in [4.69, 9.17) is 11.6 Å². The molecule has 0 amide bonds. The number of anilines is 2. The molecule has 0 spiro atoms. The van der Waals surface area contributed by atoms with Crippen LogP contribution in [0, 0.1) is 0 Å². The van der Waals surface area contributed by atoms with Gasteiger partial charge in [-0.3, -0.25) is 5.01 Å². The van der Waals surface area contributed by atoms with Gasteiger partial charge in [-0.25, -0.2) is 5.01 Å². The number of rotatable bonds is 3. The molecule has 2 aromatic carbocycles. The summed E-state index contributed by atoms with van der Waals surface area (Å²) >= 11 is 8.13. The maximum atomic E-state index is 6.33. The Hall–Kier alpha value is -1.16. The van der Waals surface area contributed by atoms with E-state index in [1.54, 1.807) is 11.8 Å². The number of hydrazine groups is 1. The van der Waals surface area contributed by atoms with Crippen LogP contribution in [-0.4, -0.2) is 19.1 Å². The van der Waals surface area contributed by atoms with E-state index in [-0.39, 0.29) is 0 Å². The molecule has 2 aromatic rings. The molecule has 0 aliphatic carbocycles. The van der Waals surface area contributed by atoms with E-state index in [1.165, 1.54) is 26.7 Å². The Balaban J connectivity index is 2.23. The smallest absolute Gasteiger partial charge is 0.0752 e. The predicted molar refractivity (Wildman–Crippen MR) is 91.8 cm³/mol. The van der Waals surface area contributed by atoms with Crippen LogP contribution in [0.5, 0.6) is 0 Å². The van der Waals surface area contributed by atoms with E-state index in [2.05, 4.69) is 67.4 Å². The topological polar surface area (TPSA) is 6.48 Å². The van der Waals surface area contributed by atoms with Gasteiger partial charge >= 0.3 is 0 Å². The molecule has 0 N–H and O–H groups in total. The predicted octanol–water partition coefficient (Wildman–Crippen LogP) is 5.37. The quantitative estimate of drug-likeness (QED) is 0.751. The van der Waals surface area contributed by atoms with Crippen molar-refractivity contribution in [2.24, 2.45) is 0 Å². The van der Waals surface area contributed by atoms with Crippen molar-refractivity contribution in [2.45, 2.75) is 29.6 Å². The van der Waals surface area contributed by atoms with Crippen LogP contribution in [0.25, 0.3) is 0 Å². The number of hydrogen-bond acceptors (Lipinski definition) is 3. The molecule has 0 unspecified atom stereocenters. The highest BCUT2D eigenvalue weighted by Crippen LogP contribution is 2.50. The summed E-state index contributed by atoms with van der Waals surface area (Å²) in [6.07, 6.45) is 2.15. The molecule has 3 rings (SSSR count). The highest BCUT2D eigenvalue weighted by atomic mass is 35.5. The van der Waals surface area contributed by atoms with E-state index in [1.807, 2.05) is 0 Å². The normalized spacial score (nSPS) is 13.3. The molecule has 0 fully saturated rings. The van der Waals surface area contributed by atoms with Gasteiger partial charge in [-0.2, -0.15) is 0 Å². The van der Waals surface area contributed by atoms with E-state index in [9.17, 15) is 0 Å². The summed E-state index contributed by atoms with van der Waals surface area (Å²) in [6.45, 7) is 2.21. The monoisotopic (exact) mass is 318 g/mol. The van der Waals surface area contributed by atoms with Gasteiger partial charge in [-0.05, 0) is 36.2 Å². The maximum absolute atomic E-state index is 6.33. The second kappa shape index (κ2) is 5.91. The summed E-state index contributed by atoms with van der Waals surface area (Å²) in [5, 5.41) is 5.26. The number of halogens is 1. The van der Waals surface area contributed by atoms with Crippen LogP contribution < -0.4 is 5.01 Å². The Labute approximate surface area is 135 Å². The van der Waals surface area contributed by atoms with Gasteiger partial charge in [0, 0.05) is 28.9 Å². The zero-order valence-corrected chi connectivity index (χ0v) is 14.1. The molecule has 0 aromatic heterocycles. The van der Waals surface area contributed by atoms with E-state index in [0.29, 0.717) is 0 Å². The molecule has 110 valence electrons. The van der Waals surface area contributed by atoms with E-state index >= 15 is 0 Å². The lowest BCUT2D eigenvalue weighted by Gasteiger charge is -2.38. The van der Waals surface area contributed by atoms with Gasteiger partial charge in [0.15, 0.2) is 0 Å². The highest BCUT2D eigenvalue weighted by Gasteiger charge is 2.27. The first-order valence-electron chi connectivity index (χ1n) is 7.18. The fourth-order valence-electron chi connectivity index (χ4n) is 2.78. The lowest BCUT2D eigenvalue weighted by Crippen LogP contribution is -2.35. The molecule has 0 saturated heterocycles. The number of benzene rings is 2. The van der Waals surface area contributed by atoms with Crippen LogP contribution in [0.15, 0.2) is 46.2 Å². The van der Waals surface area contributed by atoms with Gasteiger partial charge in [0.25, 0.3) is 0 Å². The number of fused-ring (bicyclic) bond motifs is 2. The van der Waals surface area contributed by atoms with Crippen molar-refractivity contribution in [3.05, 3.63) is 47.0 Å². The SMILES string of the molecule is CCCc1cc(Cl)cc2c1N(N(C)C)c1ccccc1S2. The third-order valence-corrected chi connectivity index (χ3v) is 4.88. The number of aryl methyl sites for hydroxylation is 1. The minimum absolute atomic E-state index is 0.822. The van der Waals surface area contributed by atoms with Crippen molar-refractivity contribution in [3.8, 4) is 0 Å².